The molecule has 25 heavy (non-hydrogen) atoms. The molecule has 7 heteroatoms. The van der Waals surface area contributed by atoms with Gasteiger partial charge in [-0.25, -0.2) is 13.4 Å². The largest absolute Gasteiger partial charge is 0.356 e. The van der Waals surface area contributed by atoms with Crippen molar-refractivity contribution in [3.05, 3.63) is 21.9 Å². The Morgan fingerprint density at radius 3 is 2.72 bits per heavy atom. The van der Waals surface area contributed by atoms with Gasteiger partial charge >= 0.3 is 0 Å². The Balaban J connectivity index is 1.60. The lowest BCUT2D eigenvalue weighted by molar-refractivity contribution is 0.408. The van der Waals surface area contributed by atoms with Crippen LogP contribution < -0.4 is 10.6 Å². The van der Waals surface area contributed by atoms with Gasteiger partial charge in [0.2, 0.25) is 0 Å². The third kappa shape index (κ3) is 5.71. The van der Waals surface area contributed by atoms with Gasteiger partial charge in [-0.1, -0.05) is 19.3 Å². The molecule has 2 N–H and O–H groups in total. The minimum Gasteiger partial charge on any atom is -0.356 e. The van der Waals surface area contributed by atoms with Gasteiger partial charge in [0.1, 0.15) is 0 Å². The third-order valence-electron chi connectivity index (χ3n) is 5.18. The lowest BCUT2D eigenvalue weighted by Crippen LogP contribution is -2.45. The van der Waals surface area contributed by atoms with Crippen molar-refractivity contribution in [2.45, 2.75) is 58.0 Å². The van der Waals surface area contributed by atoms with Crippen molar-refractivity contribution in [3.63, 3.8) is 0 Å². The van der Waals surface area contributed by atoms with Crippen LogP contribution in [0.15, 0.2) is 16.4 Å². The first-order chi connectivity index (χ1) is 12.0. The second kappa shape index (κ2) is 8.54. The highest BCUT2D eigenvalue weighted by Gasteiger charge is 2.28. The summed E-state index contributed by atoms with van der Waals surface area (Å²) in [6.45, 7) is 3.47. The first-order valence-corrected chi connectivity index (χ1v) is 12.0. The molecule has 1 aliphatic heterocycles. The summed E-state index contributed by atoms with van der Waals surface area (Å²) < 4.78 is 23.3. The quantitative estimate of drug-likeness (QED) is 0.606. The van der Waals surface area contributed by atoms with Crippen LogP contribution in [0.5, 0.6) is 0 Å². The normalized spacial score (nSPS) is 24.4. The van der Waals surface area contributed by atoms with Crippen LogP contribution in [0.25, 0.3) is 0 Å². The summed E-state index contributed by atoms with van der Waals surface area (Å²) in [5, 5.41) is 9.09. The molecule has 1 atom stereocenters. The predicted octanol–water partition coefficient (Wildman–Crippen LogP) is 2.86. The number of thiophene rings is 1. The van der Waals surface area contributed by atoms with E-state index in [1.165, 1.54) is 42.5 Å². The number of aryl methyl sites for hydroxylation is 1. The number of hydrogen-bond donors (Lipinski definition) is 2. The standard InChI is InChI=1S/C18H29N3O2S2/c1-14-7-9-24-17(14)12-20-18(21-16-5-3-2-4-6-16)19-11-15-8-10-25(22,23)13-15/h7,9,15-16H,2-6,8,10-13H2,1H3,(H2,19,20,21). The number of sulfone groups is 1. The lowest BCUT2D eigenvalue weighted by Gasteiger charge is -2.25. The highest BCUT2D eigenvalue weighted by atomic mass is 32.2. The topological polar surface area (TPSA) is 70.6 Å². The number of nitrogens with zero attached hydrogens (tertiary/aromatic N) is 1. The van der Waals surface area contributed by atoms with E-state index in [-0.39, 0.29) is 5.92 Å². The van der Waals surface area contributed by atoms with Crippen LogP contribution in [-0.2, 0) is 16.4 Å². The van der Waals surface area contributed by atoms with Gasteiger partial charge < -0.3 is 10.6 Å². The molecular weight excluding hydrogens is 354 g/mol. The predicted molar refractivity (Wildman–Crippen MR) is 105 cm³/mol. The zero-order valence-electron chi connectivity index (χ0n) is 15.0. The van der Waals surface area contributed by atoms with Crippen molar-refractivity contribution in [2.24, 2.45) is 10.9 Å². The smallest absolute Gasteiger partial charge is 0.191 e. The molecule has 140 valence electrons. The third-order valence-corrected chi connectivity index (χ3v) is 8.02. The van der Waals surface area contributed by atoms with Crippen LogP contribution in [0.1, 0.15) is 49.0 Å². The monoisotopic (exact) mass is 383 g/mol. The highest BCUT2D eigenvalue weighted by molar-refractivity contribution is 7.91. The maximum absolute atomic E-state index is 11.6. The Hall–Kier alpha value is -1.08. The molecule has 2 fully saturated rings. The van der Waals surface area contributed by atoms with E-state index in [1.807, 2.05) is 0 Å². The summed E-state index contributed by atoms with van der Waals surface area (Å²) in [7, 11) is -2.82. The number of rotatable bonds is 5. The van der Waals surface area contributed by atoms with E-state index in [0.29, 0.717) is 30.6 Å². The summed E-state index contributed by atoms with van der Waals surface area (Å²) in [5.41, 5.74) is 1.28. The van der Waals surface area contributed by atoms with Crippen molar-refractivity contribution in [3.8, 4) is 0 Å². The van der Waals surface area contributed by atoms with Gasteiger partial charge in [0.05, 0.1) is 18.1 Å². The molecular formula is C18H29N3O2S2. The van der Waals surface area contributed by atoms with E-state index < -0.39 is 9.84 Å². The minimum atomic E-state index is -2.82. The second-order valence-electron chi connectivity index (χ2n) is 7.32. The Morgan fingerprint density at radius 2 is 2.08 bits per heavy atom. The van der Waals surface area contributed by atoms with Gasteiger partial charge in [-0.15, -0.1) is 11.3 Å². The van der Waals surface area contributed by atoms with Crippen molar-refractivity contribution >= 4 is 27.1 Å². The van der Waals surface area contributed by atoms with E-state index >= 15 is 0 Å². The molecule has 0 radical (unpaired) electrons. The van der Waals surface area contributed by atoms with Crippen LogP contribution in [0, 0.1) is 12.8 Å². The van der Waals surface area contributed by atoms with Gasteiger partial charge in [-0.2, -0.15) is 0 Å². The maximum atomic E-state index is 11.6. The summed E-state index contributed by atoms with van der Waals surface area (Å²) in [6, 6.07) is 2.61. The van der Waals surface area contributed by atoms with Crippen molar-refractivity contribution < 1.29 is 8.42 Å². The zero-order valence-corrected chi connectivity index (χ0v) is 16.6. The molecule has 1 aliphatic carbocycles. The lowest BCUT2D eigenvalue weighted by atomic mass is 9.96. The summed E-state index contributed by atoms with van der Waals surface area (Å²) in [5.74, 6) is 1.67. The fraction of sp³-hybridized carbons (Fsp3) is 0.722. The molecule has 2 aliphatic rings. The van der Waals surface area contributed by atoms with E-state index in [0.717, 1.165) is 12.4 Å². The number of nitrogens with one attached hydrogen (secondary N) is 2. The molecule has 0 aromatic carbocycles. The molecule has 1 saturated carbocycles. The molecule has 2 heterocycles. The van der Waals surface area contributed by atoms with Crippen LogP contribution in [-0.4, -0.2) is 38.5 Å². The molecule has 1 unspecified atom stereocenters. The summed E-state index contributed by atoms with van der Waals surface area (Å²) in [4.78, 5) is 6.06. The fourth-order valence-corrected chi connectivity index (χ4v) is 6.28. The van der Waals surface area contributed by atoms with E-state index in [4.69, 9.17) is 4.99 Å². The van der Waals surface area contributed by atoms with Gasteiger partial charge in [-0.05, 0) is 49.1 Å². The van der Waals surface area contributed by atoms with Gasteiger partial charge in [0.15, 0.2) is 15.8 Å². The number of aliphatic imine (C=N–C) groups is 1. The van der Waals surface area contributed by atoms with Gasteiger partial charge in [0, 0.05) is 17.5 Å². The van der Waals surface area contributed by atoms with E-state index in [1.54, 1.807) is 11.3 Å². The Labute approximate surface area is 155 Å². The Kier molecular flexibility index (Phi) is 6.39. The minimum absolute atomic E-state index is 0.201. The first-order valence-electron chi connectivity index (χ1n) is 9.30. The molecule has 1 saturated heterocycles. The fourth-order valence-electron chi connectivity index (χ4n) is 3.58. The number of guanidine groups is 1. The van der Waals surface area contributed by atoms with Crippen molar-refractivity contribution in [1.29, 1.82) is 0 Å². The molecule has 1 aromatic rings. The van der Waals surface area contributed by atoms with Gasteiger partial charge in [0.25, 0.3) is 0 Å². The average Bonchev–Trinajstić information content (AvgIpc) is 3.16. The van der Waals surface area contributed by atoms with Crippen molar-refractivity contribution in [1.82, 2.24) is 10.6 Å². The second-order valence-corrected chi connectivity index (χ2v) is 10.6. The number of hydrogen-bond acceptors (Lipinski definition) is 4. The molecule has 5 nitrogen and oxygen atoms in total. The van der Waals surface area contributed by atoms with Crippen molar-refractivity contribution in [2.75, 3.05) is 18.1 Å². The zero-order chi connectivity index (χ0) is 17.7. The average molecular weight is 384 g/mol. The SMILES string of the molecule is Cc1ccsc1CN=C(NCC1CCS(=O)(=O)C1)NC1CCCCC1. The molecule has 0 amide bonds. The maximum Gasteiger partial charge on any atom is 0.191 e. The summed E-state index contributed by atoms with van der Waals surface area (Å²) in [6.07, 6.45) is 7.02. The van der Waals surface area contributed by atoms with Crippen LogP contribution in [0.3, 0.4) is 0 Å². The van der Waals surface area contributed by atoms with E-state index in [2.05, 4.69) is 29.0 Å². The Morgan fingerprint density at radius 1 is 1.28 bits per heavy atom. The Bertz CT molecular complexity index is 691. The molecule has 0 bridgehead atoms. The molecule has 0 spiro atoms. The molecule has 1 aromatic heterocycles. The highest BCUT2D eigenvalue weighted by Crippen LogP contribution is 2.19. The van der Waals surface area contributed by atoms with E-state index in [9.17, 15) is 8.42 Å². The van der Waals surface area contributed by atoms with Crippen LogP contribution in [0.2, 0.25) is 0 Å². The molecule has 3 rings (SSSR count). The first kappa shape index (κ1) is 18.7. The van der Waals surface area contributed by atoms with Crippen LogP contribution >= 0.6 is 11.3 Å². The van der Waals surface area contributed by atoms with Crippen LogP contribution in [0.4, 0.5) is 0 Å². The summed E-state index contributed by atoms with van der Waals surface area (Å²) >= 11 is 1.74. The van der Waals surface area contributed by atoms with Gasteiger partial charge in [-0.3, -0.25) is 0 Å².